The molecule has 0 saturated carbocycles. The van der Waals surface area contributed by atoms with Gasteiger partial charge in [0.25, 0.3) is 0 Å². The van der Waals surface area contributed by atoms with E-state index < -0.39 is 11.7 Å². The van der Waals surface area contributed by atoms with Crippen LogP contribution < -0.4 is 10.6 Å². The molecule has 1 aliphatic heterocycles. The van der Waals surface area contributed by atoms with Crippen molar-refractivity contribution in [3.05, 3.63) is 23.8 Å². The van der Waals surface area contributed by atoms with Crippen molar-refractivity contribution < 1.29 is 13.2 Å². The predicted octanol–water partition coefficient (Wildman–Crippen LogP) is 4.55. The van der Waals surface area contributed by atoms with E-state index in [0.717, 1.165) is 43.8 Å². The number of halogens is 3. The van der Waals surface area contributed by atoms with Crippen LogP contribution >= 0.6 is 0 Å². The zero-order valence-corrected chi connectivity index (χ0v) is 12.8. The lowest BCUT2D eigenvalue weighted by Crippen LogP contribution is -2.38. The summed E-state index contributed by atoms with van der Waals surface area (Å²) in [7, 11) is 0. The minimum absolute atomic E-state index is 0.207. The first-order valence-electron chi connectivity index (χ1n) is 7.30. The summed E-state index contributed by atoms with van der Waals surface area (Å²) in [6.45, 7) is 8.40. The highest BCUT2D eigenvalue weighted by Crippen LogP contribution is 2.38. The third kappa shape index (κ3) is 3.63. The number of anilines is 2. The molecule has 2 nitrogen and oxygen atoms in total. The second-order valence-electron chi connectivity index (χ2n) is 6.90. The van der Waals surface area contributed by atoms with Gasteiger partial charge in [-0.15, -0.1) is 0 Å². The summed E-state index contributed by atoms with van der Waals surface area (Å²) in [6, 6.07) is 3.64. The molecule has 118 valence electrons. The number of alkyl halides is 3. The molecule has 1 saturated heterocycles. The fourth-order valence-corrected chi connectivity index (χ4v) is 3.01. The SMILES string of the molecule is CC(C)(C)C1CCN(c2ccc(C(F)(F)F)cc2N)CC1. The molecule has 1 heterocycles. The molecule has 2 N–H and O–H groups in total. The molecule has 21 heavy (non-hydrogen) atoms. The topological polar surface area (TPSA) is 29.3 Å². The van der Waals surface area contributed by atoms with Gasteiger partial charge in [0, 0.05) is 13.1 Å². The quantitative estimate of drug-likeness (QED) is 0.771. The van der Waals surface area contributed by atoms with Gasteiger partial charge in [-0.3, -0.25) is 0 Å². The molecule has 0 amide bonds. The fraction of sp³-hybridized carbons (Fsp3) is 0.625. The first-order valence-corrected chi connectivity index (χ1v) is 7.30. The predicted molar refractivity (Wildman–Crippen MR) is 80.2 cm³/mol. The zero-order chi connectivity index (χ0) is 15.8. The van der Waals surface area contributed by atoms with E-state index >= 15 is 0 Å². The Morgan fingerprint density at radius 1 is 1.10 bits per heavy atom. The van der Waals surface area contributed by atoms with E-state index in [1.54, 1.807) is 0 Å². The first-order chi connectivity index (χ1) is 9.59. The normalized spacial score (nSPS) is 18.1. The Hall–Kier alpha value is -1.39. The standard InChI is InChI=1S/C16H23F3N2/c1-15(2,3)11-6-8-21(9-7-11)14-5-4-12(10-13(14)20)16(17,18)19/h4-5,10-11H,6-9,20H2,1-3H3. The van der Waals surface area contributed by atoms with Crippen molar-refractivity contribution in [3.8, 4) is 0 Å². The molecule has 0 aromatic heterocycles. The van der Waals surface area contributed by atoms with Crippen LogP contribution in [0.3, 0.4) is 0 Å². The molecular formula is C16H23F3N2. The van der Waals surface area contributed by atoms with E-state index in [9.17, 15) is 13.2 Å². The number of hydrogen-bond acceptors (Lipinski definition) is 2. The van der Waals surface area contributed by atoms with E-state index in [4.69, 9.17) is 5.73 Å². The maximum atomic E-state index is 12.7. The minimum atomic E-state index is -4.34. The van der Waals surface area contributed by atoms with Crippen LogP contribution in [0.25, 0.3) is 0 Å². The zero-order valence-electron chi connectivity index (χ0n) is 12.8. The molecule has 0 radical (unpaired) electrons. The van der Waals surface area contributed by atoms with Crippen LogP contribution in [-0.2, 0) is 6.18 Å². The highest BCUT2D eigenvalue weighted by Gasteiger charge is 2.32. The van der Waals surface area contributed by atoms with Crippen LogP contribution in [0.15, 0.2) is 18.2 Å². The second-order valence-corrected chi connectivity index (χ2v) is 6.90. The third-order valence-corrected chi connectivity index (χ3v) is 4.42. The number of nitrogens with two attached hydrogens (primary N) is 1. The summed E-state index contributed by atoms with van der Waals surface area (Å²) < 4.78 is 38.0. The van der Waals surface area contributed by atoms with Gasteiger partial charge in [-0.2, -0.15) is 13.2 Å². The van der Waals surface area contributed by atoms with Gasteiger partial charge >= 0.3 is 6.18 Å². The second kappa shape index (κ2) is 5.43. The lowest BCUT2D eigenvalue weighted by Gasteiger charge is -2.40. The maximum Gasteiger partial charge on any atom is 0.416 e. The molecule has 2 rings (SSSR count). The Bertz CT molecular complexity index is 495. The van der Waals surface area contributed by atoms with Crippen molar-refractivity contribution in [2.24, 2.45) is 11.3 Å². The molecule has 5 heteroatoms. The number of rotatable bonds is 1. The number of piperidine rings is 1. The van der Waals surface area contributed by atoms with Gasteiger partial charge in [0.2, 0.25) is 0 Å². The van der Waals surface area contributed by atoms with Crippen LogP contribution in [0.1, 0.15) is 39.2 Å². The van der Waals surface area contributed by atoms with Gasteiger partial charge in [-0.05, 0) is 42.4 Å². The van der Waals surface area contributed by atoms with Crippen molar-refractivity contribution in [1.29, 1.82) is 0 Å². The van der Waals surface area contributed by atoms with E-state index in [2.05, 4.69) is 25.7 Å². The minimum Gasteiger partial charge on any atom is -0.397 e. The van der Waals surface area contributed by atoms with E-state index in [1.165, 1.54) is 6.07 Å². The Kier molecular flexibility index (Phi) is 4.13. The smallest absolute Gasteiger partial charge is 0.397 e. The van der Waals surface area contributed by atoms with Gasteiger partial charge in [-0.1, -0.05) is 20.8 Å². The summed E-state index contributed by atoms with van der Waals surface area (Å²) in [5, 5.41) is 0. The van der Waals surface area contributed by atoms with Crippen molar-refractivity contribution in [3.63, 3.8) is 0 Å². The van der Waals surface area contributed by atoms with Gasteiger partial charge in [0.15, 0.2) is 0 Å². The van der Waals surface area contributed by atoms with Gasteiger partial charge in [0.1, 0.15) is 0 Å². The van der Waals surface area contributed by atoms with Crippen LogP contribution in [0.4, 0.5) is 24.5 Å². The van der Waals surface area contributed by atoms with Gasteiger partial charge in [0.05, 0.1) is 16.9 Å². The van der Waals surface area contributed by atoms with Crippen LogP contribution in [-0.4, -0.2) is 13.1 Å². The third-order valence-electron chi connectivity index (χ3n) is 4.42. The highest BCUT2D eigenvalue weighted by atomic mass is 19.4. The summed E-state index contributed by atoms with van der Waals surface area (Å²) >= 11 is 0. The van der Waals surface area contributed by atoms with E-state index in [-0.39, 0.29) is 11.1 Å². The first kappa shape index (κ1) is 16.0. The van der Waals surface area contributed by atoms with Crippen LogP contribution in [0.2, 0.25) is 0 Å². The van der Waals surface area contributed by atoms with Crippen molar-refractivity contribution in [1.82, 2.24) is 0 Å². The molecule has 0 bridgehead atoms. The molecule has 1 aromatic rings. The number of nitrogen functional groups attached to an aromatic ring is 1. The highest BCUT2D eigenvalue weighted by molar-refractivity contribution is 5.68. The Labute approximate surface area is 124 Å². The summed E-state index contributed by atoms with van der Waals surface area (Å²) in [5.41, 5.74) is 6.34. The monoisotopic (exact) mass is 300 g/mol. The molecule has 0 spiro atoms. The number of benzene rings is 1. The van der Waals surface area contributed by atoms with Crippen LogP contribution in [0.5, 0.6) is 0 Å². The van der Waals surface area contributed by atoms with E-state index in [0.29, 0.717) is 5.92 Å². The van der Waals surface area contributed by atoms with Crippen molar-refractivity contribution in [2.45, 2.75) is 39.8 Å². The van der Waals surface area contributed by atoms with Crippen LogP contribution in [0, 0.1) is 11.3 Å². The number of nitrogens with zero attached hydrogens (tertiary/aromatic N) is 1. The maximum absolute atomic E-state index is 12.7. The summed E-state index contributed by atoms with van der Waals surface area (Å²) in [6.07, 6.45) is -2.25. The number of hydrogen-bond donors (Lipinski definition) is 1. The molecule has 0 unspecified atom stereocenters. The summed E-state index contributed by atoms with van der Waals surface area (Å²) in [5.74, 6) is 0.643. The lowest BCUT2D eigenvalue weighted by atomic mass is 9.75. The molecule has 1 aliphatic rings. The molecule has 1 aromatic carbocycles. The van der Waals surface area contributed by atoms with Crippen molar-refractivity contribution in [2.75, 3.05) is 23.7 Å². The lowest BCUT2D eigenvalue weighted by molar-refractivity contribution is -0.137. The Balaban J connectivity index is 2.11. The average molecular weight is 300 g/mol. The largest absolute Gasteiger partial charge is 0.416 e. The molecule has 1 fully saturated rings. The fourth-order valence-electron chi connectivity index (χ4n) is 3.01. The van der Waals surface area contributed by atoms with Gasteiger partial charge < -0.3 is 10.6 Å². The summed E-state index contributed by atoms with van der Waals surface area (Å²) in [4.78, 5) is 2.09. The molecular weight excluding hydrogens is 277 g/mol. The molecule has 0 aliphatic carbocycles. The average Bonchev–Trinajstić information content (AvgIpc) is 2.36. The Morgan fingerprint density at radius 3 is 2.10 bits per heavy atom. The Morgan fingerprint density at radius 2 is 1.67 bits per heavy atom. The van der Waals surface area contributed by atoms with E-state index in [1.807, 2.05) is 0 Å². The van der Waals surface area contributed by atoms with Gasteiger partial charge in [-0.25, -0.2) is 0 Å². The van der Waals surface area contributed by atoms with Crippen molar-refractivity contribution >= 4 is 11.4 Å². The molecule has 0 atom stereocenters.